The summed E-state index contributed by atoms with van der Waals surface area (Å²) >= 11 is 1.12. The number of sulfonamides is 1. The van der Waals surface area contributed by atoms with Gasteiger partial charge in [-0.3, -0.25) is 4.99 Å². The fourth-order valence-corrected chi connectivity index (χ4v) is 4.49. The van der Waals surface area contributed by atoms with E-state index in [1.54, 1.807) is 24.4 Å². The van der Waals surface area contributed by atoms with Crippen LogP contribution in [0.2, 0.25) is 0 Å². The van der Waals surface area contributed by atoms with Gasteiger partial charge in [0, 0.05) is 13.1 Å². The predicted octanol–water partition coefficient (Wildman–Crippen LogP) is 3.98. The number of alkyl halides is 3. The molecule has 3 N–H and O–H groups in total. The van der Waals surface area contributed by atoms with Gasteiger partial charge < -0.3 is 10.6 Å². The molecular formula is C18H24F3IN4O2S2. The molecule has 0 saturated heterocycles. The highest BCUT2D eigenvalue weighted by atomic mass is 127. The number of rotatable bonds is 8. The number of guanidine groups is 1. The minimum Gasteiger partial charge on any atom is -0.357 e. The van der Waals surface area contributed by atoms with E-state index in [1.165, 1.54) is 12.1 Å². The van der Waals surface area contributed by atoms with Gasteiger partial charge in [0.2, 0.25) is 10.0 Å². The predicted molar refractivity (Wildman–Crippen MR) is 124 cm³/mol. The summed E-state index contributed by atoms with van der Waals surface area (Å²) < 4.78 is 65.5. The highest BCUT2D eigenvalue weighted by Gasteiger charge is 2.30. The molecule has 1 unspecified atom stereocenters. The molecule has 1 aromatic heterocycles. The van der Waals surface area contributed by atoms with Gasteiger partial charge in [-0.25, -0.2) is 13.1 Å². The van der Waals surface area contributed by atoms with E-state index in [0.717, 1.165) is 23.5 Å². The molecule has 0 aliphatic carbocycles. The van der Waals surface area contributed by atoms with Gasteiger partial charge in [-0.1, -0.05) is 18.2 Å². The first-order chi connectivity index (χ1) is 13.6. The molecule has 168 valence electrons. The Morgan fingerprint density at radius 3 is 2.57 bits per heavy atom. The standard InChI is InChI=1S/C18H23F3N4O2S2.HI/c1-3-22-17(23-9-10-24-29(26,27)16-8-5-11-28-16)25-13(2)14-6-4-7-15(12-14)18(19,20)21;/h4-8,11-13,24H,3,9-10H2,1-2H3,(H2,22,23,25);1H. The largest absolute Gasteiger partial charge is 0.416 e. The molecule has 1 atom stereocenters. The molecule has 0 spiro atoms. The van der Waals surface area contributed by atoms with Gasteiger partial charge in [-0.05, 0) is 43.0 Å². The van der Waals surface area contributed by atoms with Crippen LogP contribution in [0.25, 0.3) is 0 Å². The maximum absolute atomic E-state index is 12.9. The Morgan fingerprint density at radius 1 is 1.23 bits per heavy atom. The third-order valence-corrected chi connectivity index (χ3v) is 6.70. The van der Waals surface area contributed by atoms with Crippen molar-refractivity contribution in [2.24, 2.45) is 4.99 Å². The summed E-state index contributed by atoms with van der Waals surface area (Å²) in [6.07, 6.45) is -4.41. The first-order valence-corrected chi connectivity index (χ1v) is 11.2. The lowest BCUT2D eigenvalue weighted by atomic mass is 10.1. The van der Waals surface area contributed by atoms with Crippen molar-refractivity contribution in [2.45, 2.75) is 30.3 Å². The Labute approximate surface area is 195 Å². The molecule has 2 rings (SSSR count). The highest BCUT2D eigenvalue weighted by Crippen LogP contribution is 2.30. The molecular weight excluding hydrogens is 552 g/mol. The van der Waals surface area contributed by atoms with Crippen molar-refractivity contribution < 1.29 is 21.6 Å². The number of nitrogens with zero attached hydrogens (tertiary/aromatic N) is 1. The van der Waals surface area contributed by atoms with Gasteiger partial charge in [-0.15, -0.1) is 35.3 Å². The third-order valence-electron chi connectivity index (χ3n) is 3.85. The normalized spacial score (nSPS) is 13.4. The molecule has 2 aromatic rings. The second-order valence-corrected chi connectivity index (χ2v) is 9.02. The van der Waals surface area contributed by atoms with Crippen LogP contribution in [0.4, 0.5) is 13.2 Å². The molecule has 1 heterocycles. The van der Waals surface area contributed by atoms with Crippen LogP contribution in [0.5, 0.6) is 0 Å². The summed E-state index contributed by atoms with van der Waals surface area (Å²) in [6, 6.07) is 7.81. The Kier molecular flexibility index (Phi) is 10.5. The molecule has 0 saturated carbocycles. The van der Waals surface area contributed by atoms with Crippen LogP contribution in [-0.2, 0) is 16.2 Å². The van der Waals surface area contributed by atoms with Crippen molar-refractivity contribution in [1.82, 2.24) is 15.4 Å². The molecule has 0 bridgehead atoms. The van der Waals surface area contributed by atoms with E-state index < -0.39 is 27.8 Å². The van der Waals surface area contributed by atoms with Gasteiger partial charge in [-0.2, -0.15) is 13.2 Å². The summed E-state index contributed by atoms with van der Waals surface area (Å²) in [5.41, 5.74) is -0.252. The Hall–Kier alpha value is -1.38. The molecule has 1 aromatic carbocycles. The molecule has 0 radical (unpaired) electrons. The number of benzene rings is 1. The van der Waals surface area contributed by atoms with Crippen molar-refractivity contribution in [3.8, 4) is 0 Å². The topological polar surface area (TPSA) is 82.6 Å². The Bertz CT molecular complexity index is 920. The fraction of sp³-hybridized carbons (Fsp3) is 0.389. The number of nitrogens with one attached hydrogen (secondary N) is 3. The average molecular weight is 576 g/mol. The molecule has 0 fully saturated rings. The summed E-state index contributed by atoms with van der Waals surface area (Å²) in [5, 5.41) is 7.70. The van der Waals surface area contributed by atoms with Gasteiger partial charge in [0.15, 0.2) is 5.96 Å². The number of halogens is 4. The number of hydrogen-bond donors (Lipinski definition) is 3. The lowest BCUT2D eigenvalue weighted by Crippen LogP contribution is -2.39. The summed E-state index contributed by atoms with van der Waals surface area (Å²) in [5.74, 6) is 0.382. The van der Waals surface area contributed by atoms with E-state index in [0.29, 0.717) is 18.1 Å². The monoisotopic (exact) mass is 576 g/mol. The zero-order chi connectivity index (χ0) is 21.5. The minimum absolute atomic E-state index is 0. The Morgan fingerprint density at radius 2 is 1.97 bits per heavy atom. The van der Waals surface area contributed by atoms with Crippen LogP contribution in [0.1, 0.15) is 31.0 Å². The van der Waals surface area contributed by atoms with E-state index >= 15 is 0 Å². The van der Waals surface area contributed by atoms with E-state index in [9.17, 15) is 21.6 Å². The van der Waals surface area contributed by atoms with E-state index in [-0.39, 0.29) is 41.3 Å². The minimum atomic E-state index is -4.41. The van der Waals surface area contributed by atoms with Crippen LogP contribution in [0.15, 0.2) is 51.0 Å². The summed E-state index contributed by atoms with van der Waals surface area (Å²) in [6.45, 7) is 4.37. The maximum Gasteiger partial charge on any atom is 0.416 e. The molecule has 12 heteroatoms. The number of hydrogen-bond acceptors (Lipinski definition) is 4. The molecule has 0 amide bonds. The highest BCUT2D eigenvalue weighted by molar-refractivity contribution is 14.0. The van der Waals surface area contributed by atoms with Crippen molar-refractivity contribution >= 4 is 51.3 Å². The van der Waals surface area contributed by atoms with Gasteiger partial charge in [0.1, 0.15) is 4.21 Å². The van der Waals surface area contributed by atoms with Gasteiger partial charge in [0.05, 0.1) is 18.2 Å². The van der Waals surface area contributed by atoms with Gasteiger partial charge in [0.25, 0.3) is 0 Å². The smallest absolute Gasteiger partial charge is 0.357 e. The van der Waals surface area contributed by atoms with Crippen molar-refractivity contribution in [2.75, 3.05) is 19.6 Å². The summed E-state index contributed by atoms with van der Waals surface area (Å²) in [4.78, 5) is 4.28. The molecule has 0 aliphatic rings. The second kappa shape index (κ2) is 11.9. The Balaban J connectivity index is 0.00000450. The van der Waals surface area contributed by atoms with Crippen molar-refractivity contribution in [3.05, 3.63) is 52.9 Å². The van der Waals surface area contributed by atoms with E-state index in [4.69, 9.17) is 0 Å². The van der Waals surface area contributed by atoms with Crippen molar-refractivity contribution in [3.63, 3.8) is 0 Å². The lowest BCUT2D eigenvalue weighted by Gasteiger charge is -2.19. The first-order valence-electron chi connectivity index (χ1n) is 8.88. The molecule has 6 nitrogen and oxygen atoms in total. The summed E-state index contributed by atoms with van der Waals surface area (Å²) in [7, 11) is -3.56. The van der Waals surface area contributed by atoms with Crippen LogP contribution in [-0.4, -0.2) is 34.0 Å². The quantitative estimate of drug-likeness (QED) is 0.192. The average Bonchev–Trinajstić information content (AvgIpc) is 3.20. The number of thiophene rings is 1. The van der Waals surface area contributed by atoms with E-state index in [1.807, 2.05) is 6.92 Å². The lowest BCUT2D eigenvalue weighted by molar-refractivity contribution is -0.137. The van der Waals surface area contributed by atoms with Crippen LogP contribution >= 0.6 is 35.3 Å². The number of aliphatic imine (C=N–C) groups is 1. The van der Waals surface area contributed by atoms with Crippen LogP contribution < -0.4 is 15.4 Å². The zero-order valence-electron chi connectivity index (χ0n) is 16.4. The third kappa shape index (κ3) is 8.04. The van der Waals surface area contributed by atoms with Crippen LogP contribution in [0, 0.1) is 0 Å². The van der Waals surface area contributed by atoms with Gasteiger partial charge >= 0.3 is 6.18 Å². The van der Waals surface area contributed by atoms with E-state index in [2.05, 4.69) is 20.3 Å². The first kappa shape index (κ1) is 26.7. The second-order valence-electron chi connectivity index (χ2n) is 6.08. The fourth-order valence-electron chi connectivity index (χ4n) is 2.43. The van der Waals surface area contributed by atoms with Crippen molar-refractivity contribution in [1.29, 1.82) is 0 Å². The van der Waals surface area contributed by atoms with Crippen LogP contribution in [0.3, 0.4) is 0 Å². The zero-order valence-corrected chi connectivity index (χ0v) is 20.3. The SMILES string of the molecule is CCNC(=NCCNS(=O)(=O)c1cccs1)NC(C)c1cccc(C(F)(F)F)c1.I. The molecule has 0 aliphatic heterocycles. The maximum atomic E-state index is 12.9. The molecule has 30 heavy (non-hydrogen) atoms.